The zero-order chi connectivity index (χ0) is 10.7. The summed E-state index contributed by atoms with van der Waals surface area (Å²) in [7, 11) is 0. The van der Waals surface area contributed by atoms with Gasteiger partial charge in [0.15, 0.2) is 0 Å². The molecule has 1 aromatic carbocycles. The van der Waals surface area contributed by atoms with Gasteiger partial charge < -0.3 is 5.32 Å². The minimum Gasteiger partial charge on any atom is -0.338 e. The van der Waals surface area contributed by atoms with Crippen molar-refractivity contribution in [2.75, 3.05) is 5.32 Å². The van der Waals surface area contributed by atoms with Crippen molar-refractivity contribution in [3.8, 4) is 0 Å². The number of halogens is 2. The maximum absolute atomic E-state index is 13.2. The van der Waals surface area contributed by atoms with E-state index >= 15 is 0 Å². The van der Waals surface area contributed by atoms with Gasteiger partial charge in [0.05, 0.1) is 5.69 Å². The van der Waals surface area contributed by atoms with E-state index in [-0.39, 0.29) is 5.69 Å². The summed E-state index contributed by atoms with van der Waals surface area (Å²) in [5.74, 6) is -0.720. The van der Waals surface area contributed by atoms with Gasteiger partial charge in [-0.05, 0) is 24.3 Å². The highest BCUT2D eigenvalue weighted by molar-refractivity contribution is 5.56. The van der Waals surface area contributed by atoms with Gasteiger partial charge in [0.1, 0.15) is 17.5 Å². The third kappa shape index (κ3) is 2.28. The van der Waals surface area contributed by atoms with Gasteiger partial charge in [0.25, 0.3) is 0 Å². The normalized spacial score (nSPS) is 10.0. The number of aromatic nitrogens is 1. The van der Waals surface area contributed by atoms with Crippen molar-refractivity contribution in [2.45, 2.75) is 0 Å². The highest BCUT2D eigenvalue weighted by Crippen LogP contribution is 2.18. The predicted octanol–water partition coefficient (Wildman–Crippen LogP) is 3.10. The minimum atomic E-state index is -0.638. The quantitative estimate of drug-likeness (QED) is 0.816. The summed E-state index contributed by atoms with van der Waals surface area (Å²) in [6.45, 7) is 0. The van der Waals surface area contributed by atoms with Crippen molar-refractivity contribution in [1.29, 1.82) is 0 Å². The third-order valence-corrected chi connectivity index (χ3v) is 1.86. The highest BCUT2D eigenvalue weighted by Gasteiger charge is 2.03. The topological polar surface area (TPSA) is 24.9 Å². The molecule has 0 amide bonds. The van der Waals surface area contributed by atoms with Gasteiger partial charge in [-0.1, -0.05) is 6.07 Å². The summed E-state index contributed by atoms with van der Waals surface area (Å²) in [6, 6.07) is 8.57. The molecule has 0 aliphatic heterocycles. The first-order valence-electron chi connectivity index (χ1n) is 4.39. The molecule has 0 spiro atoms. The molecule has 15 heavy (non-hydrogen) atoms. The lowest BCUT2D eigenvalue weighted by atomic mass is 10.3. The fourth-order valence-electron chi connectivity index (χ4n) is 1.17. The van der Waals surface area contributed by atoms with Crippen LogP contribution in [0.3, 0.4) is 0 Å². The second-order valence-corrected chi connectivity index (χ2v) is 2.96. The van der Waals surface area contributed by atoms with E-state index in [1.54, 1.807) is 24.4 Å². The molecule has 0 atom stereocenters. The van der Waals surface area contributed by atoms with Crippen LogP contribution in [0.4, 0.5) is 20.3 Å². The van der Waals surface area contributed by atoms with Crippen LogP contribution in [0, 0.1) is 11.6 Å². The standard InChI is InChI=1S/C11H8F2N2/c12-8-4-5-10(9(13)7-8)15-11-3-1-2-6-14-11/h1-7H,(H,14,15). The number of rotatable bonds is 2. The van der Waals surface area contributed by atoms with Crippen LogP contribution >= 0.6 is 0 Å². The number of anilines is 2. The Labute approximate surface area is 85.6 Å². The van der Waals surface area contributed by atoms with Crippen LogP contribution in [0.1, 0.15) is 0 Å². The lowest BCUT2D eigenvalue weighted by Gasteiger charge is -2.05. The van der Waals surface area contributed by atoms with E-state index < -0.39 is 11.6 Å². The molecule has 0 fully saturated rings. The number of hydrogen-bond donors (Lipinski definition) is 1. The van der Waals surface area contributed by atoms with Crippen LogP contribution in [-0.2, 0) is 0 Å². The van der Waals surface area contributed by atoms with E-state index in [0.717, 1.165) is 6.07 Å². The van der Waals surface area contributed by atoms with Crippen molar-refractivity contribution in [2.24, 2.45) is 0 Å². The molecule has 0 aliphatic carbocycles. The molecule has 0 unspecified atom stereocenters. The summed E-state index contributed by atoms with van der Waals surface area (Å²) in [5.41, 5.74) is 0.204. The SMILES string of the molecule is Fc1ccc(Nc2ccccn2)c(F)c1. The first kappa shape index (κ1) is 9.58. The smallest absolute Gasteiger partial charge is 0.149 e. The van der Waals surface area contributed by atoms with Crippen molar-refractivity contribution < 1.29 is 8.78 Å². The lowest BCUT2D eigenvalue weighted by molar-refractivity contribution is 0.586. The van der Waals surface area contributed by atoms with Gasteiger partial charge in [-0.25, -0.2) is 13.8 Å². The average molecular weight is 206 g/mol. The number of hydrogen-bond acceptors (Lipinski definition) is 2. The Kier molecular flexibility index (Phi) is 2.58. The van der Waals surface area contributed by atoms with E-state index in [2.05, 4.69) is 10.3 Å². The van der Waals surface area contributed by atoms with Crippen LogP contribution in [0.25, 0.3) is 0 Å². The van der Waals surface area contributed by atoms with Gasteiger partial charge in [0, 0.05) is 12.3 Å². The first-order valence-corrected chi connectivity index (χ1v) is 4.39. The lowest BCUT2D eigenvalue weighted by Crippen LogP contribution is -1.95. The van der Waals surface area contributed by atoms with Crippen LogP contribution in [0.15, 0.2) is 42.6 Å². The Hall–Kier alpha value is -1.97. The van der Waals surface area contributed by atoms with Crippen molar-refractivity contribution in [3.63, 3.8) is 0 Å². The van der Waals surface area contributed by atoms with Crippen molar-refractivity contribution in [1.82, 2.24) is 4.98 Å². The molecule has 1 aromatic heterocycles. The highest BCUT2D eigenvalue weighted by atomic mass is 19.1. The fraction of sp³-hybridized carbons (Fsp3) is 0. The van der Waals surface area contributed by atoms with E-state index in [9.17, 15) is 8.78 Å². The monoisotopic (exact) mass is 206 g/mol. The molecule has 0 bridgehead atoms. The Morgan fingerprint density at radius 1 is 1.07 bits per heavy atom. The molecular weight excluding hydrogens is 198 g/mol. The summed E-state index contributed by atoms with van der Waals surface area (Å²) in [6.07, 6.45) is 1.59. The molecule has 0 saturated carbocycles. The largest absolute Gasteiger partial charge is 0.338 e. The maximum Gasteiger partial charge on any atom is 0.149 e. The number of benzene rings is 1. The zero-order valence-corrected chi connectivity index (χ0v) is 7.74. The molecule has 2 aromatic rings. The fourth-order valence-corrected chi connectivity index (χ4v) is 1.17. The van der Waals surface area contributed by atoms with Gasteiger partial charge in [-0.3, -0.25) is 0 Å². The second-order valence-electron chi connectivity index (χ2n) is 2.96. The van der Waals surface area contributed by atoms with E-state index in [4.69, 9.17) is 0 Å². The number of pyridine rings is 1. The number of nitrogens with zero attached hydrogens (tertiary/aromatic N) is 1. The summed E-state index contributed by atoms with van der Waals surface area (Å²) >= 11 is 0. The summed E-state index contributed by atoms with van der Waals surface area (Å²) < 4.78 is 25.8. The van der Waals surface area contributed by atoms with Crippen molar-refractivity contribution in [3.05, 3.63) is 54.2 Å². The molecule has 0 aliphatic rings. The average Bonchev–Trinajstić information content (AvgIpc) is 2.24. The van der Waals surface area contributed by atoms with E-state index in [1.165, 1.54) is 12.1 Å². The summed E-state index contributed by atoms with van der Waals surface area (Å²) in [4.78, 5) is 3.97. The molecule has 1 heterocycles. The van der Waals surface area contributed by atoms with E-state index in [0.29, 0.717) is 5.82 Å². The van der Waals surface area contributed by atoms with E-state index in [1.807, 2.05) is 0 Å². The van der Waals surface area contributed by atoms with Crippen LogP contribution in [-0.4, -0.2) is 4.98 Å². The van der Waals surface area contributed by atoms with Gasteiger partial charge >= 0.3 is 0 Å². The van der Waals surface area contributed by atoms with Crippen molar-refractivity contribution >= 4 is 11.5 Å². The molecular formula is C11H8F2N2. The van der Waals surface area contributed by atoms with Gasteiger partial charge in [-0.15, -0.1) is 0 Å². The third-order valence-electron chi connectivity index (χ3n) is 1.86. The van der Waals surface area contributed by atoms with Gasteiger partial charge in [0.2, 0.25) is 0 Å². The molecule has 76 valence electrons. The molecule has 2 nitrogen and oxygen atoms in total. The Morgan fingerprint density at radius 3 is 2.60 bits per heavy atom. The Balaban J connectivity index is 2.25. The zero-order valence-electron chi connectivity index (χ0n) is 7.74. The second kappa shape index (κ2) is 4.04. The number of nitrogens with one attached hydrogen (secondary N) is 1. The summed E-state index contributed by atoms with van der Waals surface area (Å²) in [5, 5.41) is 2.75. The predicted molar refractivity (Wildman–Crippen MR) is 53.9 cm³/mol. The Bertz CT molecular complexity index is 457. The Morgan fingerprint density at radius 2 is 1.93 bits per heavy atom. The minimum absolute atomic E-state index is 0.204. The molecule has 0 radical (unpaired) electrons. The van der Waals surface area contributed by atoms with Crippen LogP contribution < -0.4 is 5.32 Å². The maximum atomic E-state index is 13.2. The first-order chi connectivity index (χ1) is 7.25. The molecule has 4 heteroatoms. The molecule has 0 saturated heterocycles. The molecule has 2 rings (SSSR count). The molecule has 1 N–H and O–H groups in total. The van der Waals surface area contributed by atoms with Gasteiger partial charge in [-0.2, -0.15) is 0 Å². The van der Waals surface area contributed by atoms with Crippen LogP contribution in [0.2, 0.25) is 0 Å². The van der Waals surface area contributed by atoms with Crippen LogP contribution in [0.5, 0.6) is 0 Å².